The van der Waals surface area contributed by atoms with Crippen LogP contribution in [0.1, 0.15) is 35.2 Å². The molecule has 2 aromatic rings. The number of hydrogen-bond acceptors (Lipinski definition) is 2. The molecule has 2 nitrogen and oxygen atoms in total. The molecule has 1 unspecified atom stereocenters. The molecule has 2 N–H and O–H groups in total. The molecule has 2 rings (SSSR count). The van der Waals surface area contributed by atoms with Gasteiger partial charge in [-0.3, -0.25) is 0 Å². The van der Waals surface area contributed by atoms with Crippen LogP contribution in [-0.4, -0.2) is 0 Å². The van der Waals surface area contributed by atoms with E-state index in [1.165, 1.54) is 16.7 Å². The minimum atomic E-state index is -0.0193. The van der Waals surface area contributed by atoms with Crippen LogP contribution < -0.4 is 10.5 Å². The van der Waals surface area contributed by atoms with Crippen molar-refractivity contribution in [1.82, 2.24) is 0 Å². The quantitative estimate of drug-likeness (QED) is 0.899. The van der Waals surface area contributed by atoms with Crippen LogP contribution in [0, 0.1) is 13.8 Å². The minimum Gasteiger partial charge on any atom is -0.489 e. The molecule has 100 valence electrons. The molecular formula is C17H21NO. The first-order valence-corrected chi connectivity index (χ1v) is 6.62. The van der Waals surface area contributed by atoms with Gasteiger partial charge in [0.25, 0.3) is 0 Å². The number of aryl methyl sites for hydroxylation is 2. The molecule has 0 bridgehead atoms. The van der Waals surface area contributed by atoms with Crippen molar-refractivity contribution in [2.75, 3.05) is 0 Å². The van der Waals surface area contributed by atoms with Crippen LogP contribution in [0.2, 0.25) is 0 Å². The lowest BCUT2D eigenvalue weighted by Crippen LogP contribution is -2.08. The molecular weight excluding hydrogens is 234 g/mol. The van der Waals surface area contributed by atoms with E-state index in [0.717, 1.165) is 11.3 Å². The Labute approximate surface area is 115 Å². The molecule has 0 heterocycles. The fourth-order valence-corrected chi connectivity index (χ4v) is 2.21. The summed E-state index contributed by atoms with van der Waals surface area (Å²) in [6, 6.07) is 14.2. The average Bonchev–Trinajstić information content (AvgIpc) is 2.38. The van der Waals surface area contributed by atoms with E-state index in [-0.39, 0.29) is 6.04 Å². The number of rotatable bonds is 4. The van der Waals surface area contributed by atoms with Crippen molar-refractivity contribution in [3.8, 4) is 5.75 Å². The van der Waals surface area contributed by atoms with E-state index in [1.807, 2.05) is 31.2 Å². The SMILES string of the molecule is Cc1cccc(C)c1COc1ccccc1C(C)N. The number of hydrogen-bond donors (Lipinski definition) is 1. The van der Waals surface area contributed by atoms with Crippen molar-refractivity contribution >= 4 is 0 Å². The zero-order valence-electron chi connectivity index (χ0n) is 11.8. The van der Waals surface area contributed by atoms with Crippen LogP contribution in [0.15, 0.2) is 42.5 Å². The van der Waals surface area contributed by atoms with Crippen molar-refractivity contribution in [1.29, 1.82) is 0 Å². The van der Waals surface area contributed by atoms with Gasteiger partial charge in [0.15, 0.2) is 0 Å². The summed E-state index contributed by atoms with van der Waals surface area (Å²) in [4.78, 5) is 0. The third kappa shape index (κ3) is 3.15. The van der Waals surface area contributed by atoms with E-state index in [9.17, 15) is 0 Å². The molecule has 0 amide bonds. The van der Waals surface area contributed by atoms with Crippen LogP contribution >= 0.6 is 0 Å². The molecule has 0 fully saturated rings. The Morgan fingerprint density at radius 2 is 1.63 bits per heavy atom. The summed E-state index contributed by atoms with van der Waals surface area (Å²) >= 11 is 0. The van der Waals surface area contributed by atoms with E-state index in [2.05, 4.69) is 32.0 Å². The smallest absolute Gasteiger partial charge is 0.124 e. The first-order chi connectivity index (χ1) is 9.09. The molecule has 0 spiro atoms. The molecule has 0 radical (unpaired) electrons. The van der Waals surface area contributed by atoms with Crippen LogP contribution in [0.3, 0.4) is 0 Å². The van der Waals surface area contributed by atoms with Gasteiger partial charge in [-0.1, -0.05) is 36.4 Å². The fourth-order valence-electron chi connectivity index (χ4n) is 2.21. The van der Waals surface area contributed by atoms with E-state index < -0.39 is 0 Å². The molecule has 1 atom stereocenters. The Kier molecular flexibility index (Phi) is 4.23. The number of nitrogens with two attached hydrogens (primary N) is 1. The summed E-state index contributed by atoms with van der Waals surface area (Å²) in [6.45, 7) is 6.79. The van der Waals surface area contributed by atoms with Gasteiger partial charge in [0, 0.05) is 11.6 Å². The van der Waals surface area contributed by atoms with Crippen LogP contribution in [0.25, 0.3) is 0 Å². The van der Waals surface area contributed by atoms with Crippen LogP contribution in [-0.2, 0) is 6.61 Å². The number of para-hydroxylation sites is 1. The maximum absolute atomic E-state index is 5.97. The van der Waals surface area contributed by atoms with E-state index in [4.69, 9.17) is 10.5 Å². The minimum absolute atomic E-state index is 0.0193. The zero-order valence-corrected chi connectivity index (χ0v) is 11.8. The predicted octanol–water partition coefficient (Wildman–Crippen LogP) is 3.90. The normalized spacial score (nSPS) is 12.2. The summed E-state index contributed by atoms with van der Waals surface area (Å²) in [6.07, 6.45) is 0. The summed E-state index contributed by atoms with van der Waals surface area (Å²) in [5.74, 6) is 0.875. The second-order valence-electron chi connectivity index (χ2n) is 4.99. The summed E-state index contributed by atoms with van der Waals surface area (Å²) in [7, 11) is 0. The van der Waals surface area contributed by atoms with E-state index >= 15 is 0 Å². The third-order valence-electron chi connectivity index (χ3n) is 3.43. The van der Waals surface area contributed by atoms with Gasteiger partial charge in [-0.15, -0.1) is 0 Å². The third-order valence-corrected chi connectivity index (χ3v) is 3.43. The molecule has 0 aliphatic carbocycles. The lowest BCUT2D eigenvalue weighted by Gasteiger charge is -2.15. The first-order valence-electron chi connectivity index (χ1n) is 6.62. The molecule has 19 heavy (non-hydrogen) atoms. The first kappa shape index (κ1) is 13.6. The Morgan fingerprint density at radius 1 is 1.00 bits per heavy atom. The summed E-state index contributed by atoms with van der Waals surface area (Å²) in [5.41, 5.74) is 10.8. The molecule has 2 heteroatoms. The Balaban J connectivity index is 2.19. The van der Waals surface area contributed by atoms with Gasteiger partial charge >= 0.3 is 0 Å². The summed E-state index contributed by atoms with van der Waals surface area (Å²) < 4.78 is 5.97. The van der Waals surface area contributed by atoms with Crippen molar-refractivity contribution in [3.63, 3.8) is 0 Å². The largest absolute Gasteiger partial charge is 0.489 e. The van der Waals surface area contributed by atoms with E-state index in [1.54, 1.807) is 0 Å². The number of ether oxygens (including phenoxy) is 1. The molecule has 0 saturated carbocycles. The lowest BCUT2D eigenvalue weighted by molar-refractivity contribution is 0.300. The van der Waals surface area contributed by atoms with Crippen molar-refractivity contribution in [3.05, 3.63) is 64.7 Å². The maximum atomic E-state index is 5.97. The Morgan fingerprint density at radius 3 is 2.26 bits per heavy atom. The molecule has 2 aromatic carbocycles. The fraction of sp³-hybridized carbons (Fsp3) is 0.294. The molecule has 0 saturated heterocycles. The highest BCUT2D eigenvalue weighted by molar-refractivity contribution is 5.37. The van der Waals surface area contributed by atoms with Gasteiger partial charge in [-0.25, -0.2) is 0 Å². The Hall–Kier alpha value is -1.80. The molecule has 0 aliphatic heterocycles. The van der Waals surface area contributed by atoms with E-state index in [0.29, 0.717) is 6.61 Å². The van der Waals surface area contributed by atoms with Gasteiger partial charge in [-0.05, 0) is 43.5 Å². The summed E-state index contributed by atoms with van der Waals surface area (Å²) in [5, 5.41) is 0. The van der Waals surface area contributed by atoms with Crippen molar-refractivity contribution in [2.24, 2.45) is 5.73 Å². The standard InChI is InChI=1S/C17H21NO/c1-12-7-6-8-13(2)16(12)11-19-17-10-5-4-9-15(17)14(3)18/h4-10,14H,11,18H2,1-3H3. The highest BCUT2D eigenvalue weighted by Crippen LogP contribution is 2.25. The van der Waals surface area contributed by atoms with Gasteiger partial charge in [0.2, 0.25) is 0 Å². The van der Waals surface area contributed by atoms with Crippen LogP contribution in [0.5, 0.6) is 5.75 Å². The highest BCUT2D eigenvalue weighted by atomic mass is 16.5. The van der Waals surface area contributed by atoms with Gasteiger partial charge < -0.3 is 10.5 Å². The van der Waals surface area contributed by atoms with Crippen molar-refractivity contribution in [2.45, 2.75) is 33.4 Å². The molecule has 0 aromatic heterocycles. The zero-order chi connectivity index (χ0) is 13.8. The second kappa shape index (κ2) is 5.89. The topological polar surface area (TPSA) is 35.2 Å². The van der Waals surface area contributed by atoms with Crippen LogP contribution in [0.4, 0.5) is 0 Å². The monoisotopic (exact) mass is 255 g/mol. The predicted molar refractivity (Wildman–Crippen MR) is 79.3 cm³/mol. The lowest BCUT2D eigenvalue weighted by atomic mass is 10.0. The van der Waals surface area contributed by atoms with Gasteiger partial charge in [0.1, 0.15) is 12.4 Å². The number of benzene rings is 2. The van der Waals surface area contributed by atoms with Crippen molar-refractivity contribution < 1.29 is 4.74 Å². The van der Waals surface area contributed by atoms with Gasteiger partial charge in [0.05, 0.1) is 0 Å². The maximum Gasteiger partial charge on any atom is 0.124 e. The average molecular weight is 255 g/mol. The Bertz CT molecular complexity index is 541. The second-order valence-corrected chi connectivity index (χ2v) is 4.99. The molecule has 0 aliphatic rings. The van der Waals surface area contributed by atoms with Gasteiger partial charge in [-0.2, -0.15) is 0 Å². The highest BCUT2D eigenvalue weighted by Gasteiger charge is 2.08.